The topological polar surface area (TPSA) is 82.1 Å². The van der Waals surface area contributed by atoms with Crippen LogP contribution in [0.3, 0.4) is 0 Å². The quantitative estimate of drug-likeness (QED) is 0.483. The van der Waals surface area contributed by atoms with Gasteiger partial charge in [-0.2, -0.15) is 0 Å². The van der Waals surface area contributed by atoms with E-state index in [2.05, 4.69) is 13.6 Å². The van der Waals surface area contributed by atoms with Gasteiger partial charge in [0.05, 0.1) is 0 Å². The van der Waals surface area contributed by atoms with E-state index in [-0.39, 0.29) is 0 Å². The largest absolute Gasteiger partial charge is 0.484 e. The lowest BCUT2D eigenvalue weighted by Gasteiger charge is -2.42. The highest BCUT2D eigenvalue weighted by atomic mass is 31.2. The average molecular weight is 166 g/mol. The van der Waals surface area contributed by atoms with Crippen molar-refractivity contribution in [2.45, 2.75) is 5.97 Å². The summed E-state index contributed by atoms with van der Waals surface area (Å²) in [6.07, 6.45) is 0. The van der Waals surface area contributed by atoms with Crippen LogP contribution in [0.2, 0.25) is 0 Å². The lowest BCUT2D eigenvalue weighted by Crippen LogP contribution is -2.55. The molecule has 0 unspecified atom stereocenters. The van der Waals surface area contributed by atoms with Crippen LogP contribution in [0.25, 0.3) is 0 Å². The molecule has 0 aromatic heterocycles. The third-order valence-electron chi connectivity index (χ3n) is 1.18. The summed E-state index contributed by atoms with van der Waals surface area (Å²) in [7, 11) is -3.52. The molecule has 1 N–H and O–H groups in total. The minimum absolute atomic E-state index is 0.423. The Morgan fingerprint density at radius 2 is 2.20 bits per heavy atom. The van der Waals surface area contributed by atoms with Crippen molar-refractivity contribution in [3.63, 3.8) is 0 Å². The molecule has 3 aliphatic heterocycles. The van der Waals surface area contributed by atoms with E-state index in [0.717, 1.165) is 0 Å². The molecule has 0 saturated carbocycles. The van der Waals surface area contributed by atoms with Crippen LogP contribution in [-0.2, 0) is 22.9 Å². The maximum Gasteiger partial charge on any atom is 0.484 e. The zero-order valence-corrected chi connectivity index (χ0v) is 5.54. The maximum absolute atomic E-state index is 10.7. The summed E-state index contributed by atoms with van der Waals surface area (Å²) in [6, 6.07) is 0. The number of carbonyl (C=O) groups excluding carboxylic acids is 1. The van der Waals surface area contributed by atoms with Crippen molar-refractivity contribution in [1.82, 2.24) is 0 Å². The molecule has 6 nitrogen and oxygen atoms in total. The van der Waals surface area contributed by atoms with E-state index in [1.807, 2.05) is 0 Å². The molecule has 0 aromatic carbocycles. The molecular formula is C3H3O6P. The van der Waals surface area contributed by atoms with Crippen LogP contribution in [0.5, 0.6) is 0 Å². The second-order valence-corrected chi connectivity index (χ2v) is 3.43. The number of carbonyl (C=O) groups is 1. The highest BCUT2D eigenvalue weighted by molar-refractivity contribution is 7.50. The second-order valence-electron chi connectivity index (χ2n) is 1.91. The van der Waals surface area contributed by atoms with Gasteiger partial charge in [-0.05, 0) is 0 Å². The zero-order chi connectivity index (χ0) is 7.41. The Labute approximate surface area is 55.3 Å². The first-order valence-corrected chi connectivity index (χ1v) is 3.92. The van der Waals surface area contributed by atoms with Crippen LogP contribution in [0.15, 0.2) is 0 Å². The van der Waals surface area contributed by atoms with E-state index in [1.54, 1.807) is 0 Å². The number of phosphoric acid groups is 1. The first-order chi connectivity index (χ1) is 4.54. The van der Waals surface area contributed by atoms with Gasteiger partial charge in [-0.15, -0.1) is 0 Å². The molecule has 3 aliphatic rings. The number of hydrogen-bond donors (Lipinski definition) is 1. The SMILES string of the molecule is O=C1COP2(=O)OC1(O)O2. The number of fused-ring (bicyclic) bond motifs is 2. The molecule has 0 aliphatic carbocycles. The first kappa shape index (κ1) is 6.45. The molecule has 56 valence electrons. The van der Waals surface area contributed by atoms with Crippen molar-refractivity contribution < 1.29 is 28.0 Å². The van der Waals surface area contributed by atoms with Gasteiger partial charge in [0, 0.05) is 0 Å². The Bertz CT molecular complexity index is 235. The molecule has 0 spiro atoms. The van der Waals surface area contributed by atoms with Crippen molar-refractivity contribution in [2.75, 3.05) is 6.61 Å². The Morgan fingerprint density at radius 3 is 2.60 bits per heavy atom. The molecule has 0 aromatic rings. The monoisotopic (exact) mass is 166 g/mol. The van der Waals surface area contributed by atoms with Crippen molar-refractivity contribution in [1.29, 1.82) is 0 Å². The summed E-state index contributed by atoms with van der Waals surface area (Å²) in [5.74, 6) is -3.06. The highest BCUT2D eigenvalue weighted by Crippen LogP contribution is 2.67. The number of rotatable bonds is 0. The minimum atomic E-state index is -3.52. The van der Waals surface area contributed by atoms with Crippen molar-refractivity contribution in [3.8, 4) is 0 Å². The van der Waals surface area contributed by atoms with Gasteiger partial charge >= 0.3 is 13.8 Å². The van der Waals surface area contributed by atoms with Crippen LogP contribution in [-0.4, -0.2) is 23.5 Å². The average Bonchev–Trinajstić information content (AvgIpc) is 1.76. The van der Waals surface area contributed by atoms with Crippen molar-refractivity contribution >= 4 is 13.6 Å². The molecule has 0 radical (unpaired) electrons. The third-order valence-corrected chi connectivity index (χ3v) is 2.56. The molecule has 3 fully saturated rings. The van der Waals surface area contributed by atoms with Crippen molar-refractivity contribution in [2.24, 2.45) is 0 Å². The van der Waals surface area contributed by atoms with Gasteiger partial charge < -0.3 is 5.11 Å². The number of aliphatic hydroxyl groups is 1. The smallest absolute Gasteiger partial charge is 0.336 e. The molecule has 0 amide bonds. The molecule has 3 heterocycles. The summed E-state index contributed by atoms with van der Waals surface area (Å²) < 4.78 is 23.3. The van der Waals surface area contributed by atoms with E-state index < -0.39 is 26.2 Å². The molecule has 0 atom stereocenters. The van der Waals surface area contributed by atoms with Gasteiger partial charge in [0.2, 0.25) is 5.78 Å². The third kappa shape index (κ3) is 0.624. The van der Waals surface area contributed by atoms with E-state index in [0.29, 0.717) is 0 Å². The standard InChI is InChI=1S/C3H3O6P/c4-2-1-7-10(6)8-3(2,5)9-10/h5H,1H2. The van der Waals surface area contributed by atoms with Gasteiger partial charge in [0.1, 0.15) is 6.61 Å². The van der Waals surface area contributed by atoms with Gasteiger partial charge in [-0.1, -0.05) is 0 Å². The van der Waals surface area contributed by atoms with Gasteiger partial charge in [-0.3, -0.25) is 9.32 Å². The Kier molecular flexibility index (Phi) is 0.962. The number of ketones is 1. The predicted molar refractivity (Wildman–Crippen MR) is 25.7 cm³/mol. The normalized spacial score (nSPS) is 52.3. The van der Waals surface area contributed by atoms with E-state index >= 15 is 0 Å². The Hall–Kier alpha value is -0.260. The van der Waals surface area contributed by atoms with E-state index in [9.17, 15) is 9.36 Å². The van der Waals surface area contributed by atoms with E-state index in [4.69, 9.17) is 5.11 Å². The van der Waals surface area contributed by atoms with Crippen LogP contribution >= 0.6 is 7.82 Å². The van der Waals surface area contributed by atoms with Crippen LogP contribution in [0, 0.1) is 0 Å². The van der Waals surface area contributed by atoms with Crippen LogP contribution in [0.1, 0.15) is 0 Å². The fraction of sp³-hybridized carbons (Fsp3) is 0.667. The summed E-state index contributed by atoms with van der Waals surface area (Å²) in [5.41, 5.74) is 0. The lowest BCUT2D eigenvalue weighted by molar-refractivity contribution is -0.334. The highest BCUT2D eigenvalue weighted by Gasteiger charge is 2.66. The summed E-state index contributed by atoms with van der Waals surface area (Å²) >= 11 is 0. The fourth-order valence-corrected chi connectivity index (χ4v) is 1.90. The van der Waals surface area contributed by atoms with Gasteiger partial charge in [-0.25, -0.2) is 13.6 Å². The number of Topliss-reactive ketones (excluding diaryl/α,β-unsaturated/α-hetero) is 1. The summed E-state index contributed by atoms with van der Waals surface area (Å²) in [5, 5.41) is 8.83. The minimum Gasteiger partial charge on any atom is -0.336 e. The molecule has 10 heavy (non-hydrogen) atoms. The lowest BCUT2D eigenvalue weighted by atomic mass is 10.4. The number of phosphoric ester groups is 1. The van der Waals surface area contributed by atoms with E-state index in [1.165, 1.54) is 0 Å². The Balaban J connectivity index is 2.31. The number of hydrogen-bond acceptors (Lipinski definition) is 6. The predicted octanol–water partition coefficient (Wildman–Crippen LogP) is -0.613. The summed E-state index contributed by atoms with van der Waals surface area (Å²) in [4.78, 5) is 10.5. The first-order valence-electron chi connectivity index (χ1n) is 2.46. The van der Waals surface area contributed by atoms with Gasteiger partial charge in [0.25, 0.3) is 0 Å². The van der Waals surface area contributed by atoms with Crippen LogP contribution < -0.4 is 0 Å². The van der Waals surface area contributed by atoms with Crippen LogP contribution in [0.4, 0.5) is 0 Å². The molecule has 7 heteroatoms. The second kappa shape index (κ2) is 1.49. The van der Waals surface area contributed by atoms with Gasteiger partial charge in [0.15, 0.2) is 0 Å². The molecule has 3 saturated heterocycles. The van der Waals surface area contributed by atoms with Crippen molar-refractivity contribution in [3.05, 3.63) is 0 Å². The molecule has 2 bridgehead atoms. The fourth-order valence-electron chi connectivity index (χ4n) is 0.693. The zero-order valence-electron chi connectivity index (χ0n) is 4.64. The molecule has 3 rings (SSSR count). The Morgan fingerprint density at radius 1 is 1.60 bits per heavy atom. The summed E-state index contributed by atoms with van der Waals surface area (Å²) in [6.45, 7) is -0.423. The molecular weight excluding hydrogens is 163 g/mol. The maximum atomic E-state index is 10.7.